The van der Waals surface area contributed by atoms with Crippen molar-refractivity contribution in [2.24, 2.45) is 0 Å². The molecule has 0 spiro atoms. The van der Waals surface area contributed by atoms with E-state index in [1.165, 1.54) is 18.2 Å². The van der Waals surface area contributed by atoms with E-state index < -0.39 is 26.8 Å². The molecule has 11 nitrogen and oxygen atoms in total. The van der Waals surface area contributed by atoms with Crippen molar-refractivity contribution in [1.82, 2.24) is 30.0 Å². The number of aliphatic hydroxyl groups is 1. The third-order valence-electron chi connectivity index (χ3n) is 5.68. The minimum atomic E-state index is -4.73. The third kappa shape index (κ3) is 6.55. The minimum absolute atomic E-state index is 0.0346. The number of hydrogen-bond acceptors (Lipinski definition) is 9. The second-order valence-electron chi connectivity index (χ2n) is 8.56. The van der Waals surface area contributed by atoms with Crippen LogP contribution in [-0.4, -0.2) is 76.9 Å². The number of likely N-dealkylation sites (N-methyl/N-ethyl adjacent to an activating group) is 1. The van der Waals surface area contributed by atoms with E-state index in [0.717, 1.165) is 6.20 Å². The molecule has 0 amide bonds. The van der Waals surface area contributed by atoms with Crippen molar-refractivity contribution in [2.45, 2.75) is 18.1 Å². The Hall–Kier alpha value is -3.53. The van der Waals surface area contributed by atoms with Crippen LogP contribution in [0.2, 0.25) is 5.02 Å². The van der Waals surface area contributed by atoms with Crippen molar-refractivity contribution in [3.63, 3.8) is 0 Å². The number of aliphatic hydroxyl groups excluding tert-OH is 1. The predicted octanol–water partition coefficient (Wildman–Crippen LogP) is 3.53. The highest BCUT2D eigenvalue weighted by atomic mass is 35.5. The van der Waals surface area contributed by atoms with Crippen LogP contribution < -0.4 is 10.0 Å². The van der Waals surface area contributed by atoms with Gasteiger partial charge in [0.25, 0.3) is 10.0 Å². The molecule has 0 bridgehead atoms. The first-order valence-electron chi connectivity index (χ1n) is 11.5. The van der Waals surface area contributed by atoms with Crippen LogP contribution in [0.4, 0.5) is 24.7 Å². The van der Waals surface area contributed by atoms with Gasteiger partial charge in [-0.3, -0.25) is 9.82 Å². The number of sulfonamides is 1. The summed E-state index contributed by atoms with van der Waals surface area (Å²) in [5, 5.41) is 19.2. The summed E-state index contributed by atoms with van der Waals surface area (Å²) in [4.78, 5) is 14.6. The lowest BCUT2D eigenvalue weighted by atomic mass is 10.2. The first-order chi connectivity index (χ1) is 18.4. The quantitative estimate of drug-likeness (QED) is 0.219. The van der Waals surface area contributed by atoms with Crippen LogP contribution in [0.3, 0.4) is 0 Å². The molecule has 0 aliphatic rings. The molecule has 208 valence electrons. The molecule has 0 aliphatic heterocycles. The van der Waals surface area contributed by atoms with Gasteiger partial charge < -0.3 is 15.3 Å². The van der Waals surface area contributed by atoms with E-state index in [9.17, 15) is 21.6 Å². The van der Waals surface area contributed by atoms with Crippen molar-refractivity contribution in [3.05, 3.63) is 52.8 Å². The number of halogens is 4. The highest BCUT2D eigenvalue weighted by Gasteiger charge is 2.32. The van der Waals surface area contributed by atoms with Crippen LogP contribution in [0.15, 0.2) is 41.6 Å². The van der Waals surface area contributed by atoms with Crippen molar-refractivity contribution >= 4 is 44.2 Å². The number of benzene rings is 1. The number of aryl methyl sites for hydroxylation is 1. The second kappa shape index (κ2) is 11.3. The Bertz CT molecular complexity index is 1600. The number of pyridine rings is 1. The molecule has 4 rings (SSSR count). The normalized spacial score (nSPS) is 12.3. The van der Waals surface area contributed by atoms with Gasteiger partial charge in [-0.2, -0.15) is 26.7 Å². The molecule has 0 fully saturated rings. The van der Waals surface area contributed by atoms with E-state index in [4.69, 9.17) is 16.7 Å². The Kier molecular flexibility index (Phi) is 8.25. The largest absolute Gasteiger partial charge is 0.416 e. The summed E-state index contributed by atoms with van der Waals surface area (Å²) < 4.78 is 66.6. The van der Waals surface area contributed by atoms with Gasteiger partial charge in [-0.1, -0.05) is 11.6 Å². The molecule has 0 atom stereocenters. The first kappa shape index (κ1) is 28.5. The summed E-state index contributed by atoms with van der Waals surface area (Å²) in [6.45, 7) is 3.54. The molecule has 39 heavy (non-hydrogen) atoms. The van der Waals surface area contributed by atoms with Gasteiger partial charge in [0.15, 0.2) is 16.5 Å². The number of nitrogens with one attached hydrogen (secondary N) is 3. The molecular weight excluding hydrogens is 561 g/mol. The van der Waals surface area contributed by atoms with Crippen LogP contribution in [0.25, 0.3) is 22.4 Å². The van der Waals surface area contributed by atoms with Crippen LogP contribution in [0.1, 0.15) is 11.3 Å². The SMILES string of the molecule is Cc1n[nH]c2nc(-c3ccc(NS(=O)(=O)c4cc(C(F)(F)F)ccn4)c(Cl)c3)nc(NCCN(C)CCO)c12. The maximum absolute atomic E-state index is 13.0. The number of nitrogens with zero attached hydrogens (tertiary/aromatic N) is 5. The topological polar surface area (TPSA) is 149 Å². The lowest BCUT2D eigenvalue weighted by Gasteiger charge is -2.16. The maximum Gasteiger partial charge on any atom is 0.416 e. The lowest BCUT2D eigenvalue weighted by Crippen LogP contribution is -2.28. The smallest absolute Gasteiger partial charge is 0.395 e. The van der Waals surface area contributed by atoms with E-state index >= 15 is 0 Å². The summed E-state index contributed by atoms with van der Waals surface area (Å²) in [6, 6.07) is 5.42. The molecular formula is C23H24ClF3N8O3S. The molecule has 16 heteroatoms. The molecule has 1 aromatic carbocycles. The van der Waals surface area contributed by atoms with E-state index in [-0.39, 0.29) is 23.1 Å². The molecule has 3 heterocycles. The fourth-order valence-electron chi connectivity index (χ4n) is 3.65. The number of rotatable bonds is 10. The fraction of sp³-hybridized carbons (Fsp3) is 0.304. The molecule has 0 saturated carbocycles. The number of aromatic nitrogens is 5. The molecule has 0 radical (unpaired) electrons. The van der Waals surface area contributed by atoms with E-state index in [1.54, 1.807) is 0 Å². The van der Waals surface area contributed by atoms with Gasteiger partial charge in [-0.15, -0.1) is 0 Å². The van der Waals surface area contributed by atoms with Crippen LogP contribution >= 0.6 is 11.6 Å². The minimum Gasteiger partial charge on any atom is -0.395 e. The van der Waals surface area contributed by atoms with Crippen LogP contribution in [0, 0.1) is 6.92 Å². The Morgan fingerprint density at radius 3 is 2.62 bits per heavy atom. The predicted molar refractivity (Wildman–Crippen MR) is 140 cm³/mol. The zero-order valence-electron chi connectivity index (χ0n) is 20.7. The third-order valence-corrected chi connectivity index (χ3v) is 7.25. The molecule has 4 aromatic rings. The second-order valence-corrected chi connectivity index (χ2v) is 10.6. The summed E-state index contributed by atoms with van der Waals surface area (Å²) >= 11 is 6.34. The number of fused-ring (bicyclic) bond motifs is 1. The number of alkyl halides is 3. The van der Waals surface area contributed by atoms with Gasteiger partial charge in [0, 0.05) is 31.4 Å². The molecule has 0 saturated heterocycles. The maximum atomic E-state index is 13.0. The van der Waals surface area contributed by atoms with E-state index in [0.29, 0.717) is 59.9 Å². The number of hydrogen-bond donors (Lipinski definition) is 4. The molecule has 0 unspecified atom stereocenters. The average Bonchev–Trinajstić information content (AvgIpc) is 3.25. The standard InChI is InChI=1S/C23H24ClF3N8O3S/c1-13-19-21(29-7-8-35(2)9-10-36)30-20(31-22(19)33-32-13)14-3-4-17(16(24)11-14)34-39(37,38)18-12-15(5-6-28-18)23(25,26)27/h3-6,11-12,34,36H,7-10H2,1-2H3,(H2,29,30,31,32,33). The van der Waals surface area contributed by atoms with Gasteiger partial charge in [0.05, 0.1) is 34.0 Å². The summed E-state index contributed by atoms with van der Waals surface area (Å²) in [7, 11) is -2.59. The number of H-pyrrole nitrogens is 1. The van der Waals surface area contributed by atoms with Gasteiger partial charge in [0.1, 0.15) is 5.82 Å². The van der Waals surface area contributed by atoms with Crippen molar-refractivity contribution in [2.75, 3.05) is 43.3 Å². The summed E-state index contributed by atoms with van der Waals surface area (Å²) in [5.41, 5.74) is 0.400. The Morgan fingerprint density at radius 2 is 1.92 bits per heavy atom. The van der Waals surface area contributed by atoms with Gasteiger partial charge in [0.2, 0.25) is 0 Å². The van der Waals surface area contributed by atoms with Crippen molar-refractivity contribution in [3.8, 4) is 11.4 Å². The molecule has 3 aromatic heterocycles. The summed E-state index contributed by atoms with van der Waals surface area (Å²) in [5.74, 6) is 0.795. The Balaban J connectivity index is 1.60. The average molecular weight is 585 g/mol. The van der Waals surface area contributed by atoms with Crippen LogP contribution in [-0.2, 0) is 16.2 Å². The monoisotopic (exact) mass is 584 g/mol. The number of anilines is 2. The van der Waals surface area contributed by atoms with Crippen molar-refractivity contribution < 1.29 is 26.7 Å². The molecule has 4 N–H and O–H groups in total. The van der Waals surface area contributed by atoms with Crippen LogP contribution in [0.5, 0.6) is 0 Å². The fourth-order valence-corrected chi connectivity index (χ4v) is 4.99. The van der Waals surface area contributed by atoms with Gasteiger partial charge in [-0.25, -0.2) is 15.0 Å². The van der Waals surface area contributed by atoms with Crippen molar-refractivity contribution in [1.29, 1.82) is 0 Å². The Morgan fingerprint density at radius 1 is 1.15 bits per heavy atom. The zero-order chi connectivity index (χ0) is 28.4. The van der Waals surface area contributed by atoms with Gasteiger partial charge in [-0.05, 0) is 44.3 Å². The highest BCUT2D eigenvalue weighted by molar-refractivity contribution is 7.92. The van der Waals surface area contributed by atoms with E-state index in [2.05, 4.69) is 35.2 Å². The molecule has 0 aliphatic carbocycles. The highest BCUT2D eigenvalue weighted by Crippen LogP contribution is 2.33. The van der Waals surface area contributed by atoms with Gasteiger partial charge >= 0.3 is 6.18 Å². The summed E-state index contributed by atoms with van der Waals surface area (Å²) in [6.07, 6.45) is -3.97. The zero-order valence-corrected chi connectivity index (χ0v) is 22.3. The van der Waals surface area contributed by atoms with E-state index in [1.807, 2.05) is 18.9 Å². The Labute approximate surface area is 226 Å². The number of aromatic amines is 1. The first-order valence-corrected chi connectivity index (χ1v) is 13.4. The lowest BCUT2D eigenvalue weighted by molar-refractivity contribution is -0.137.